The van der Waals surface area contributed by atoms with Gasteiger partial charge in [0.1, 0.15) is 18.1 Å². The maximum absolute atomic E-state index is 12.0. The lowest BCUT2D eigenvalue weighted by Gasteiger charge is -2.11. The van der Waals surface area contributed by atoms with Crippen LogP contribution >= 0.6 is 11.8 Å². The lowest BCUT2D eigenvalue weighted by molar-refractivity contribution is -0.119. The van der Waals surface area contributed by atoms with Crippen LogP contribution in [0.1, 0.15) is 31.5 Å². The number of rotatable bonds is 8. The van der Waals surface area contributed by atoms with Gasteiger partial charge in [-0.2, -0.15) is 0 Å². The predicted octanol–water partition coefficient (Wildman–Crippen LogP) is 2.55. The van der Waals surface area contributed by atoms with E-state index in [2.05, 4.69) is 15.5 Å². The highest BCUT2D eigenvalue weighted by Crippen LogP contribution is 2.21. The molecule has 26 heavy (non-hydrogen) atoms. The van der Waals surface area contributed by atoms with Gasteiger partial charge in [0.05, 0.1) is 12.9 Å². The van der Waals surface area contributed by atoms with Crippen LogP contribution in [-0.4, -0.2) is 39.6 Å². The summed E-state index contributed by atoms with van der Waals surface area (Å²) in [5.74, 6) is 2.63. The molecule has 7 nitrogen and oxygen atoms in total. The summed E-state index contributed by atoms with van der Waals surface area (Å²) in [6.45, 7) is 0.310. The zero-order chi connectivity index (χ0) is 18.4. The van der Waals surface area contributed by atoms with E-state index in [9.17, 15) is 4.79 Å². The fraction of sp³-hybridized carbons (Fsp3) is 0.500. The van der Waals surface area contributed by atoms with E-state index in [-0.39, 0.29) is 5.91 Å². The molecule has 0 radical (unpaired) electrons. The van der Waals surface area contributed by atoms with Gasteiger partial charge in [-0.15, -0.1) is 10.2 Å². The number of carbonyl (C=O) groups excluding carboxylic acids is 1. The van der Waals surface area contributed by atoms with Crippen molar-refractivity contribution in [3.8, 4) is 11.5 Å². The summed E-state index contributed by atoms with van der Waals surface area (Å²) in [6, 6.07) is 7.72. The van der Waals surface area contributed by atoms with E-state index in [0.717, 1.165) is 24.3 Å². The Morgan fingerprint density at radius 2 is 1.92 bits per heavy atom. The molecule has 1 N–H and O–H groups in total. The lowest BCUT2D eigenvalue weighted by Crippen LogP contribution is -2.33. The molecule has 0 aliphatic heterocycles. The Labute approximate surface area is 157 Å². The first-order valence-electron chi connectivity index (χ1n) is 8.73. The largest absolute Gasteiger partial charge is 0.497 e. The average Bonchev–Trinajstić information content (AvgIpc) is 3.29. The summed E-state index contributed by atoms with van der Waals surface area (Å²) in [4.78, 5) is 12.0. The number of thioether (sulfide) groups is 1. The number of hydrogen-bond acceptors (Lipinski definition) is 6. The van der Waals surface area contributed by atoms with Gasteiger partial charge < -0.3 is 19.4 Å². The molecular formula is C18H24N4O3S. The first kappa shape index (κ1) is 18.6. The molecule has 0 spiro atoms. The Kier molecular flexibility index (Phi) is 6.38. The molecule has 1 heterocycles. The molecule has 0 atom stereocenters. The smallest absolute Gasteiger partial charge is 0.230 e. The highest BCUT2D eigenvalue weighted by Gasteiger charge is 2.18. The second-order valence-electron chi connectivity index (χ2n) is 6.26. The summed E-state index contributed by atoms with van der Waals surface area (Å²) in [7, 11) is 3.51. The van der Waals surface area contributed by atoms with E-state index in [1.54, 1.807) is 7.11 Å². The summed E-state index contributed by atoms with van der Waals surface area (Å²) >= 11 is 1.39. The van der Waals surface area contributed by atoms with Crippen molar-refractivity contribution in [1.29, 1.82) is 0 Å². The summed E-state index contributed by atoms with van der Waals surface area (Å²) in [5.41, 5.74) is 0. The van der Waals surface area contributed by atoms with Crippen molar-refractivity contribution in [1.82, 2.24) is 20.1 Å². The van der Waals surface area contributed by atoms with Gasteiger partial charge in [0.25, 0.3) is 0 Å². The minimum atomic E-state index is 0.0564. The SMILES string of the molecule is COc1ccc(OCc2nnc(SCC(=O)NC3CCCC3)n2C)cc1. The van der Waals surface area contributed by atoms with Crippen LogP contribution in [0.4, 0.5) is 0 Å². The van der Waals surface area contributed by atoms with Crippen LogP contribution in [0, 0.1) is 0 Å². The molecule has 1 aromatic heterocycles. The third kappa shape index (κ3) is 4.91. The van der Waals surface area contributed by atoms with Crippen molar-refractivity contribution in [3.05, 3.63) is 30.1 Å². The second kappa shape index (κ2) is 8.93. The summed E-state index contributed by atoms with van der Waals surface area (Å²) in [5, 5.41) is 12.1. The molecule has 1 saturated carbocycles. The van der Waals surface area contributed by atoms with Gasteiger partial charge >= 0.3 is 0 Å². The minimum absolute atomic E-state index is 0.0564. The Hall–Kier alpha value is -2.22. The van der Waals surface area contributed by atoms with Gasteiger partial charge in [-0.25, -0.2) is 0 Å². The van der Waals surface area contributed by atoms with Crippen LogP contribution in [0.2, 0.25) is 0 Å². The fourth-order valence-corrected chi connectivity index (χ4v) is 3.63. The standard InChI is InChI=1S/C18H24N4O3S/c1-22-16(11-25-15-9-7-14(24-2)8-10-15)20-21-18(22)26-12-17(23)19-13-5-3-4-6-13/h7-10,13H,3-6,11-12H2,1-2H3,(H,19,23). The number of hydrogen-bond donors (Lipinski definition) is 1. The zero-order valence-corrected chi connectivity index (χ0v) is 15.9. The van der Waals surface area contributed by atoms with Crippen LogP contribution in [0.25, 0.3) is 0 Å². The molecule has 1 aromatic carbocycles. The molecule has 1 fully saturated rings. The maximum atomic E-state index is 12.0. The van der Waals surface area contributed by atoms with Crippen LogP contribution in [0.3, 0.4) is 0 Å². The number of carbonyl (C=O) groups is 1. The Balaban J connectivity index is 1.48. The highest BCUT2D eigenvalue weighted by molar-refractivity contribution is 7.99. The maximum Gasteiger partial charge on any atom is 0.230 e. The number of ether oxygens (including phenoxy) is 2. The molecule has 2 aromatic rings. The quantitative estimate of drug-likeness (QED) is 0.714. The Bertz CT molecular complexity index is 727. The Morgan fingerprint density at radius 1 is 1.23 bits per heavy atom. The first-order valence-corrected chi connectivity index (χ1v) is 9.71. The third-order valence-electron chi connectivity index (χ3n) is 4.41. The van der Waals surface area contributed by atoms with Gasteiger partial charge in [-0.3, -0.25) is 4.79 Å². The van der Waals surface area contributed by atoms with Gasteiger partial charge in [0.2, 0.25) is 5.91 Å². The molecule has 1 aliphatic rings. The Morgan fingerprint density at radius 3 is 2.62 bits per heavy atom. The molecule has 0 bridgehead atoms. The van der Waals surface area contributed by atoms with E-state index in [1.165, 1.54) is 24.6 Å². The van der Waals surface area contributed by atoms with E-state index in [4.69, 9.17) is 9.47 Å². The van der Waals surface area contributed by atoms with Crippen molar-refractivity contribution in [3.63, 3.8) is 0 Å². The van der Waals surface area contributed by atoms with Gasteiger partial charge in [0.15, 0.2) is 11.0 Å². The number of aromatic nitrogens is 3. The van der Waals surface area contributed by atoms with Gasteiger partial charge in [0, 0.05) is 13.1 Å². The summed E-state index contributed by atoms with van der Waals surface area (Å²) < 4.78 is 12.7. The fourth-order valence-electron chi connectivity index (χ4n) is 2.89. The predicted molar refractivity (Wildman–Crippen MR) is 99.5 cm³/mol. The number of benzene rings is 1. The number of nitrogens with one attached hydrogen (secondary N) is 1. The zero-order valence-electron chi connectivity index (χ0n) is 15.1. The highest BCUT2D eigenvalue weighted by atomic mass is 32.2. The average molecular weight is 376 g/mol. The molecular weight excluding hydrogens is 352 g/mol. The van der Waals surface area contributed by atoms with Crippen molar-refractivity contribution in [2.24, 2.45) is 7.05 Å². The topological polar surface area (TPSA) is 78.3 Å². The van der Waals surface area contributed by atoms with Crippen LogP contribution in [0.15, 0.2) is 29.4 Å². The molecule has 1 aliphatic carbocycles. The molecule has 1 amide bonds. The second-order valence-corrected chi connectivity index (χ2v) is 7.20. The number of nitrogens with zero attached hydrogens (tertiary/aromatic N) is 3. The number of amides is 1. The van der Waals surface area contributed by atoms with Gasteiger partial charge in [-0.05, 0) is 37.1 Å². The van der Waals surface area contributed by atoms with Crippen molar-refractivity contribution < 1.29 is 14.3 Å². The molecule has 8 heteroatoms. The first-order chi connectivity index (χ1) is 12.7. The normalized spacial score (nSPS) is 14.4. The van der Waals surface area contributed by atoms with E-state index in [0.29, 0.717) is 29.4 Å². The molecule has 140 valence electrons. The van der Waals surface area contributed by atoms with E-state index in [1.807, 2.05) is 35.9 Å². The summed E-state index contributed by atoms with van der Waals surface area (Å²) in [6.07, 6.45) is 4.60. The van der Waals surface area contributed by atoms with Crippen molar-refractivity contribution in [2.45, 2.75) is 43.5 Å². The van der Waals surface area contributed by atoms with Crippen LogP contribution in [0.5, 0.6) is 11.5 Å². The molecule has 0 unspecified atom stereocenters. The van der Waals surface area contributed by atoms with Gasteiger partial charge in [-0.1, -0.05) is 24.6 Å². The van der Waals surface area contributed by atoms with Crippen LogP contribution in [-0.2, 0) is 18.4 Å². The van der Waals surface area contributed by atoms with E-state index < -0.39 is 0 Å². The monoisotopic (exact) mass is 376 g/mol. The molecule has 3 rings (SSSR count). The van der Waals surface area contributed by atoms with Crippen LogP contribution < -0.4 is 14.8 Å². The van der Waals surface area contributed by atoms with Crippen molar-refractivity contribution >= 4 is 17.7 Å². The molecule has 0 saturated heterocycles. The number of methoxy groups -OCH3 is 1. The third-order valence-corrected chi connectivity index (χ3v) is 5.43. The van der Waals surface area contributed by atoms with Crippen molar-refractivity contribution in [2.75, 3.05) is 12.9 Å². The minimum Gasteiger partial charge on any atom is -0.497 e. The lowest BCUT2D eigenvalue weighted by atomic mass is 10.2. The van der Waals surface area contributed by atoms with E-state index >= 15 is 0 Å².